The van der Waals surface area contributed by atoms with E-state index in [0.717, 1.165) is 24.3 Å². The van der Waals surface area contributed by atoms with Crippen LogP contribution in [0, 0.1) is 0 Å². The molecule has 0 amide bonds. The van der Waals surface area contributed by atoms with Gasteiger partial charge >= 0.3 is 8.56 Å². The Morgan fingerprint density at radius 3 is 1.42 bits per heavy atom. The SMILES string of the molecule is CCO[Si](OCC)(C1CCCCCC1)C1CCCC1. The van der Waals surface area contributed by atoms with Gasteiger partial charge in [0.2, 0.25) is 0 Å². The van der Waals surface area contributed by atoms with Gasteiger partial charge in [-0.05, 0) is 39.5 Å². The minimum atomic E-state index is -1.99. The quantitative estimate of drug-likeness (QED) is 0.495. The Labute approximate surface area is 120 Å². The zero-order chi connectivity index (χ0) is 13.6. The zero-order valence-corrected chi connectivity index (χ0v) is 14.0. The Morgan fingerprint density at radius 2 is 1.05 bits per heavy atom. The Balaban J connectivity index is 2.17. The molecule has 0 aromatic heterocycles. The molecule has 0 spiro atoms. The van der Waals surface area contributed by atoms with Gasteiger partial charge in [-0.15, -0.1) is 0 Å². The van der Waals surface area contributed by atoms with Crippen molar-refractivity contribution in [2.75, 3.05) is 13.2 Å². The first-order valence-electron chi connectivity index (χ1n) is 8.61. The number of rotatable bonds is 6. The van der Waals surface area contributed by atoms with Crippen molar-refractivity contribution in [1.82, 2.24) is 0 Å². The molecule has 0 saturated heterocycles. The van der Waals surface area contributed by atoms with Crippen LogP contribution in [0.3, 0.4) is 0 Å². The summed E-state index contributed by atoms with van der Waals surface area (Å²) in [6.45, 7) is 6.01. The largest absolute Gasteiger partial charge is 0.394 e. The molecular weight excluding hydrogens is 252 g/mol. The molecule has 0 N–H and O–H groups in total. The third-order valence-electron chi connectivity index (χ3n) is 5.09. The molecule has 3 heteroatoms. The molecule has 0 radical (unpaired) electrons. The van der Waals surface area contributed by atoms with E-state index in [2.05, 4.69) is 13.8 Å². The molecule has 0 atom stereocenters. The van der Waals surface area contributed by atoms with Crippen molar-refractivity contribution >= 4 is 8.56 Å². The fourth-order valence-corrected chi connectivity index (χ4v) is 9.33. The molecule has 2 rings (SSSR count). The number of hydrogen-bond donors (Lipinski definition) is 0. The van der Waals surface area contributed by atoms with Gasteiger partial charge in [0.15, 0.2) is 0 Å². The van der Waals surface area contributed by atoms with Gasteiger partial charge in [0.25, 0.3) is 0 Å². The molecule has 2 fully saturated rings. The van der Waals surface area contributed by atoms with E-state index in [0.29, 0.717) is 0 Å². The van der Waals surface area contributed by atoms with Gasteiger partial charge in [0.05, 0.1) is 0 Å². The third-order valence-corrected chi connectivity index (χ3v) is 10.00. The maximum absolute atomic E-state index is 6.47. The summed E-state index contributed by atoms with van der Waals surface area (Å²) in [5.41, 5.74) is 1.54. The second-order valence-electron chi connectivity index (χ2n) is 6.26. The lowest BCUT2D eigenvalue weighted by molar-refractivity contribution is 0.157. The van der Waals surface area contributed by atoms with Crippen LogP contribution in [-0.4, -0.2) is 21.8 Å². The first kappa shape index (κ1) is 15.5. The summed E-state index contributed by atoms with van der Waals surface area (Å²) < 4.78 is 12.9. The Bertz CT molecular complexity index is 237. The van der Waals surface area contributed by atoms with Crippen LogP contribution in [0.4, 0.5) is 0 Å². The van der Waals surface area contributed by atoms with Crippen LogP contribution in [0.2, 0.25) is 11.1 Å². The second kappa shape index (κ2) is 7.80. The average Bonchev–Trinajstić information content (AvgIpc) is 2.81. The molecule has 2 nitrogen and oxygen atoms in total. The predicted molar refractivity (Wildman–Crippen MR) is 82.7 cm³/mol. The lowest BCUT2D eigenvalue weighted by Crippen LogP contribution is -2.50. The van der Waals surface area contributed by atoms with Crippen molar-refractivity contribution in [3.8, 4) is 0 Å². The Hall–Kier alpha value is 0.137. The molecule has 0 aromatic carbocycles. The maximum atomic E-state index is 6.47. The predicted octanol–water partition coefficient (Wildman–Crippen LogP) is 5.17. The van der Waals surface area contributed by atoms with Crippen molar-refractivity contribution in [3.05, 3.63) is 0 Å². The summed E-state index contributed by atoms with van der Waals surface area (Å²) in [5.74, 6) is 0. The summed E-state index contributed by atoms with van der Waals surface area (Å²) in [4.78, 5) is 0. The molecule has 2 aliphatic rings. The Morgan fingerprint density at radius 1 is 0.684 bits per heavy atom. The lowest BCUT2D eigenvalue weighted by atomic mass is 10.2. The fraction of sp³-hybridized carbons (Fsp3) is 1.00. The molecule has 0 aliphatic heterocycles. The molecule has 0 bridgehead atoms. The topological polar surface area (TPSA) is 18.5 Å². The highest BCUT2D eigenvalue weighted by atomic mass is 28.4. The van der Waals surface area contributed by atoms with E-state index >= 15 is 0 Å². The molecule has 2 saturated carbocycles. The summed E-state index contributed by atoms with van der Waals surface area (Å²) in [7, 11) is -1.99. The van der Waals surface area contributed by atoms with Gasteiger partial charge in [0, 0.05) is 24.3 Å². The van der Waals surface area contributed by atoms with Crippen LogP contribution < -0.4 is 0 Å². The molecule has 0 heterocycles. The van der Waals surface area contributed by atoms with Gasteiger partial charge in [-0.25, -0.2) is 0 Å². The van der Waals surface area contributed by atoms with Gasteiger partial charge in [-0.1, -0.05) is 38.5 Å². The van der Waals surface area contributed by atoms with Crippen LogP contribution in [-0.2, 0) is 8.85 Å². The minimum Gasteiger partial charge on any atom is -0.394 e. The number of hydrogen-bond acceptors (Lipinski definition) is 2. The molecule has 19 heavy (non-hydrogen) atoms. The smallest absolute Gasteiger partial charge is 0.344 e. The van der Waals surface area contributed by atoms with Gasteiger partial charge in [-0.3, -0.25) is 0 Å². The van der Waals surface area contributed by atoms with E-state index in [9.17, 15) is 0 Å². The van der Waals surface area contributed by atoms with E-state index in [1.54, 1.807) is 0 Å². The van der Waals surface area contributed by atoms with Crippen LogP contribution in [0.5, 0.6) is 0 Å². The summed E-state index contributed by atoms with van der Waals surface area (Å²) in [5, 5.41) is 0. The van der Waals surface area contributed by atoms with Crippen LogP contribution >= 0.6 is 0 Å². The molecule has 0 aromatic rings. The molecule has 112 valence electrons. The molecule has 2 aliphatic carbocycles. The second-order valence-corrected chi connectivity index (χ2v) is 9.91. The Kier molecular flexibility index (Phi) is 6.37. The van der Waals surface area contributed by atoms with Crippen molar-refractivity contribution < 1.29 is 8.85 Å². The van der Waals surface area contributed by atoms with Crippen molar-refractivity contribution in [3.63, 3.8) is 0 Å². The van der Waals surface area contributed by atoms with Gasteiger partial charge in [0.1, 0.15) is 0 Å². The monoisotopic (exact) mass is 284 g/mol. The third kappa shape index (κ3) is 3.62. The van der Waals surface area contributed by atoms with E-state index in [1.807, 2.05) is 0 Å². The fourth-order valence-electron chi connectivity index (χ4n) is 4.31. The van der Waals surface area contributed by atoms with Crippen LogP contribution in [0.25, 0.3) is 0 Å². The first-order chi connectivity index (χ1) is 9.33. The van der Waals surface area contributed by atoms with Crippen LogP contribution in [0.15, 0.2) is 0 Å². The summed E-state index contributed by atoms with van der Waals surface area (Å²) in [6.07, 6.45) is 13.9. The van der Waals surface area contributed by atoms with E-state index in [1.165, 1.54) is 64.2 Å². The van der Waals surface area contributed by atoms with Gasteiger partial charge in [-0.2, -0.15) is 0 Å². The van der Waals surface area contributed by atoms with Crippen LogP contribution in [0.1, 0.15) is 78.1 Å². The van der Waals surface area contributed by atoms with Crippen molar-refractivity contribution in [2.24, 2.45) is 0 Å². The van der Waals surface area contributed by atoms with E-state index in [4.69, 9.17) is 8.85 Å². The van der Waals surface area contributed by atoms with E-state index < -0.39 is 8.56 Å². The highest BCUT2D eigenvalue weighted by molar-refractivity contribution is 6.70. The highest BCUT2D eigenvalue weighted by Crippen LogP contribution is 2.49. The highest BCUT2D eigenvalue weighted by Gasteiger charge is 2.52. The lowest BCUT2D eigenvalue weighted by Gasteiger charge is -2.41. The minimum absolute atomic E-state index is 0.762. The summed E-state index contributed by atoms with van der Waals surface area (Å²) >= 11 is 0. The van der Waals surface area contributed by atoms with Crippen molar-refractivity contribution in [2.45, 2.75) is 89.1 Å². The van der Waals surface area contributed by atoms with E-state index in [-0.39, 0.29) is 0 Å². The standard InChI is InChI=1S/C16H32O2Si/c1-3-17-19(18-4-2,16-13-9-10-14-16)15-11-7-5-6-8-12-15/h15-16H,3-14H2,1-2H3. The van der Waals surface area contributed by atoms with Gasteiger partial charge < -0.3 is 8.85 Å². The maximum Gasteiger partial charge on any atom is 0.344 e. The molecule has 0 unspecified atom stereocenters. The molecular formula is C16H32O2Si. The van der Waals surface area contributed by atoms with Crippen molar-refractivity contribution in [1.29, 1.82) is 0 Å². The first-order valence-corrected chi connectivity index (χ1v) is 10.6. The summed E-state index contributed by atoms with van der Waals surface area (Å²) in [6, 6.07) is 0. The average molecular weight is 285 g/mol. The normalized spacial score (nSPS) is 23.7. The zero-order valence-electron chi connectivity index (χ0n) is 13.0.